The minimum Gasteiger partial charge on any atom is -0.444 e. The number of amides is 1. The number of ether oxygens (including phenoxy) is 2. The van der Waals surface area contributed by atoms with Gasteiger partial charge in [0.05, 0.1) is 6.61 Å². The maximum atomic E-state index is 11.7. The lowest BCUT2D eigenvalue weighted by Gasteiger charge is -2.21. The van der Waals surface area contributed by atoms with Crippen LogP contribution in [-0.2, 0) is 20.9 Å². The van der Waals surface area contributed by atoms with Crippen molar-refractivity contribution in [3.05, 3.63) is 35.4 Å². The van der Waals surface area contributed by atoms with Gasteiger partial charge in [-0.2, -0.15) is 0 Å². The lowest BCUT2D eigenvalue weighted by molar-refractivity contribution is -0.109. The van der Waals surface area contributed by atoms with Gasteiger partial charge in [0.25, 0.3) is 0 Å². The first-order valence-electron chi connectivity index (χ1n) is 6.38. The molecule has 0 aliphatic heterocycles. The Labute approximate surface area is 119 Å². The molecule has 110 valence electrons. The molecule has 0 saturated heterocycles. The standard InChI is InChI=1S/C15H21NO4/c1-15(2,3)20-14(18)16-13(9-17)12-7-5-11(6-8-12)10-19-4/h5-9,13H,10H2,1-4H3,(H,16,18). The van der Waals surface area contributed by atoms with Gasteiger partial charge in [-0.15, -0.1) is 0 Å². The summed E-state index contributed by atoms with van der Waals surface area (Å²) in [7, 11) is 1.62. The monoisotopic (exact) mass is 279 g/mol. The van der Waals surface area contributed by atoms with Gasteiger partial charge < -0.3 is 19.6 Å². The highest BCUT2D eigenvalue weighted by Crippen LogP contribution is 2.14. The highest BCUT2D eigenvalue weighted by atomic mass is 16.6. The minimum absolute atomic E-state index is 0.505. The van der Waals surface area contributed by atoms with E-state index in [-0.39, 0.29) is 0 Å². The molecule has 0 bridgehead atoms. The highest BCUT2D eigenvalue weighted by Gasteiger charge is 2.20. The summed E-state index contributed by atoms with van der Waals surface area (Å²) in [6.07, 6.45) is 0.0606. The summed E-state index contributed by atoms with van der Waals surface area (Å²) in [5, 5.41) is 2.53. The van der Waals surface area contributed by atoms with Crippen LogP contribution >= 0.6 is 0 Å². The second kappa shape index (κ2) is 7.05. The van der Waals surface area contributed by atoms with Crippen LogP contribution in [0.2, 0.25) is 0 Å². The van der Waals surface area contributed by atoms with E-state index >= 15 is 0 Å². The molecule has 1 aromatic rings. The van der Waals surface area contributed by atoms with Gasteiger partial charge in [-0.1, -0.05) is 24.3 Å². The Hall–Kier alpha value is -1.88. The predicted molar refractivity (Wildman–Crippen MR) is 75.3 cm³/mol. The van der Waals surface area contributed by atoms with Crippen LogP contribution in [0.3, 0.4) is 0 Å². The Bertz CT molecular complexity index is 448. The molecule has 1 amide bonds. The van der Waals surface area contributed by atoms with Crippen LogP contribution in [0.1, 0.15) is 37.9 Å². The fourth-order valence-corrected chi connectivity index (χ4v) is 1.62. The molecule has 0 radical (unpaired) electrons. The first kappa shape index (κ1) is 16.2. The Morgan fingerprint density at radius 1 is 1.30 bits per heavy atom. The highest BCUT2D eigenvalue weighted by molar-refractivity contribution is 5.74. The van der Waals surface area contributed by atoms with Crippen LogP contribution in [0.4, 0.5) is 4.79 Å². The van der Waals surface area contributed by atoms with Gasteiger partial charge in [-0.25, -0.2) is 4.79 Å². The molecule has 1 N–H and O–H groups in total. The van der Waals surface area contributed by atoms with Crippen LogP contribution in [0.5, 0.6) is 0 Å². The third-order valence-electron chi connectivity index (χ3n) is 2.46. The van der Waals surface area contributed by atoms with E-state index in [0.29, 0.717) is 18.5 Å². The maximum absolute atomic E-state index is 11.7. The Morgan fingerprint density at radius 3 is 2.35 bits per heavy atom. The number of hydrogen-bond donors (Lipinski definition) is 1. The van der Waals surface area contributed by atoms with Crippen LogP contribution in [0, 0.1) is 0 Å². The van der Waals surface area contributed by atoms with Crippen molar-refractivity contribution in [2.75, 3.05) is 7.11 Å². The van der Waals surface area contributed by atoms with Crippen molar-refractivity contribution >= 4 is 12.4 Å². The second-order valence-corrected chi connectivity index (χ2v) is 5.43. The Morgan fingerprint density at radius 2 is 1.90 bits per heavy atom. The minimum atomic E-state index is -0.721. The Kier molecular flexibility index (Phi) is 5.70. The number of benzene rings is 1. The molecule has 5 heteroatoms. The zero-order valence-corrected chi connectivity index (χ0v) is 12.3. The largest absolute Gasteiger partial charge is 0.444 e. The molecule has 1 rings (SSSR count). The molecule has 1 atom stereocenters. The number of hydrogen-bond acceptors (Lipinski definition) is 4. The summed E-state index contributed by atoms with van der Waals surface area (Å²) >= 11 is 0. The van der Waals surface area contributed by atoms with E-state index < -0.39 is 17.7 Å². The van der Waals surface area contributed by atoms with E-state index in [4.69, 9.17) is 9.47 Å². The van der Waals surface area contributed by atoms with Gasteiger partial charge in [-0.3, -0.25) is 0 Å². The first-order chi connectivity index (χ1) is 9.35. The van der Waals surface area contributed by atoms with Crippen molar-refractivity contribution in [1.82, 2.24) is 5.32 Å². The molecule has 0 fully saturated rings. The molecule has 1 aromatic carbocycles. The number of carbonyl (C=O) groups excluding carboxylic acids is 2. The third kappa shape index (κ3) is 5.40. The normalized spacial score (nSPS) is 12.6. The number of carbonyl (C=O) groups is 2. The van der Waals surface area contributed by atoms with Crippen molar-refractivity contribution in [2.45, 2.75) is 39.0 Å². The fraction of sp³-hybridized carbons (Fsp3) is 0.467. The molecule has 0 saturated carbocycles. The summed E-state index contributed by atoms with van der Waals surface area (Å²) in [4.78, 5) is 22.8. The quantitative estimate of drug-likeness (QED) is 0.841. The van der Waals surface area contributed by atoms with Gasteiger partial charge in [0.15, 0.2) is 0 Å². The first-order valence-corrected chi connectivity index (χ1v) is 6.38. The molecule has 5 nitrogen and oxygen atoms in total. The molecule has 20 heavy (non-hydrogen) atoms. The molecular formula is C15H21NO4. The van der Waals surface area contributed by atoms with Crippen LogP contribution in [0.15, 0.2) is 24.3 Å². The van der Waals surface area contributed by atoms with Gasteiger partial charge in [0.2, 0.25) is 0 Å². The summed E-state index contributed by atoms with van der Waals surface area (Å²) in [5.41, 5.74) is 1.10. The number of nitrogens with one attached hydrogen (secondary N) is 1. The maximum Gasteiger partial charge on any atom is 0.408 e. The molecular weight excluding hydrogens is 258 g/mol. The van der Waals surface area contributed by atoms with E-state index in [2.05, 4.69) is 5.32 Å². The zero-order valence-electron chi connectivity index (χ0n) is 12.3. The topological polar surface area (TPSA) is 64.6 Å². The summed E-state index contributed by atoms with van der Waals surface area (Å²) in [5.74, 6) is 0. The summed E-state index contributed by atoms with van der Waals surface area (Å²) in [6.45, 7) is 5.80. The molecule has 0 heterocycles. The lowest BCUT2D eigenvalue weighted by Crippen LogP contribution is -2.35. The van der Waals surface area contributed by atoms with E-state index in [9.17, 15) is 9.59 Å². The molecule has 0 spiro atoms. The average Bonchev–Trinajstić information content (AvgIpc) is 2.35. The second-order valence-electron chi connectivity index (χ2n) is 5.43. The number of alkyl carbamates (subject to hydrolysis) is 1. The summed E-state index contributed by atoms with van der Waals surface area (Å²) in [6, 6.07) is 6.55. The van der Waals surface area contributed by atoms with Gasteiger partial charge in [-0.05, 0) is 31.9 Å². The number of rotatable bonds is 5. The number of aldehydes is 1. The fourth-order valence-electron chi connectivity index (χ4n) is 1.62. The van der Waals surface area contributed by atoms with Crippen LogP contribution < -0.4 is 5.32 Å². The van der Waals surface area contributed by atoms with E-state index in [1.807, 2.05) is 12.1 Å². The van der Waals surface area contributed by atoms with Crippen molar-refractivity contribution in [3.63, 3.8) is 0 Å². The molecule has 1 unspecified atom stereocenters. The SMILES string of the molecule is COCc1ccc(C(C=O)NC(=O)OC(C)(C)C)cc1. The van der Waals surface area contributed by atoms with E-state index in [0.717, 1.165) is 5.56 Å². The molecule has 0 aliphatic rings. The molecule has 0 aromatic heterocycles. The average molecular weight is 279 g/mol. The Balaban J connectivity index is 2.70. The molecule has 0 aliphatic carbocycles. The van der Waals surface area contributed by atoms with Crippen molar-refractivity contribution in [1.29, 1.82) is 0 Å². The van der Waals surface area contributed by atoms with Crippen molar-refractivity contribution in [3.8, 4) is 0 Å². The van der Waals surface area contributed by atoms with Gasteiger partial charge in [0, 0.05) is 7.11 Å². The van der Waals surface area contributed by atoms with Crippen LogP contribution in [-0.4, -0.2) is 25.1 Å². The third-order valence-corrected chi connectivity index (χ3v) is 2.46. The summed E-state index contributed by atoms with van der Waals surface area (Å²) < 4.78 is 10.1. The predicted octanol–water partition coefficient (Wildman–Crippen LogP) is 2.60. The van der Waals surface area contributed by atoms with E-state index in [1.54, 1.807) is 40.0 Å². The van der Waals surface area contributed by atoms with Gasteiger partial charge in [0.1, 0.15) is 17.9 Å². The van der Waals surface area contributed by atoms with Crippen LogP contribution in [0.25, 0.3) is 0 Å². The van der Waals surface area contributed by atoms with E-state index in [1.165, 1.54) is 0 Å². The smallest absolute Gasteiger partial charge is 0.408 e. The van der Waals surface area contributed by atoms with Crippen molar-refractivity contribution < 1.29 is 19.1 Å². The van der Waals surface area contributed by atoms with Gasteiger partial charge >= 0.3 is 6.09 Å². The number of methoxy groups -OCH3 is 1. The lowest BCUT2D eigenvalue weighted by atomic mass is 10.1. The zero-order chi connectivity index (χ0) is 15.2. The van der Waals surface area contributed by atoms with Crippen molar-refractivity contribution in [2.24, 2.45) is 0 Å².